The second kappa shape index (κ2) is 9.22. The maximum Gasteiger partial charge on any atom is 0.228 e. The minimum absolute atomic E-state index is 0.0405. The Balaban J connectivity index is 1.50. The van der Waals surface area contributed by atoms with Gasteiger partial charge in [-0.15, -0.1) is 0 Å². The monoisotopic (exact) mass is 407 g/mol. The fourth-order valence-electron chi connectivity index (χ4n) is 5.61. The average Bonchev–Trinajstić information content (AvgIpc) is 2.79. The Labute approximate surface area is 179 Å². The standard InChI is InChI=1S/C26H33NO3/c1-18(21-6-4-3-5-7-21)27-25-13-10-20(14-19-8-11-24(30-2)12-9-19)15-22(25)16-23(17-28)26(27)29/h3-9,11-12,18,20,22-23,25,28H,10,13-17H2,1-2H3. The van der Waals surface area contributed by atoms with E-state index in [2.05, 4.69) is 36.1 Å². The van der Waals surface area contributed by atoms with Crippen molar-refractivity contribution in [1.29, 1.82) is 0 Å². The van der Waals surface area contributed by atoms with Crippen LogP contribution in [-0.4, -0.2) is 35.7 Å². The molecule has 30 heavy (non-hydrogen) atoms. The number of carbonyl (C=O) groups excluding carboxylic acids is 1. The highest BCUT2D eigenvalue weighted by molar-refractivity contribution is 5.80. The highest BCUT2D eigenvalue weighted by Gasteiger charge is 2.45. The first-order valence-corrected chi connectivity index (χ1v) is 11.2. The van der Waals surface area contributed by atoms with Crippen LogP contribution in [0.4, 0.5) is 0 Å². The molecule has 1 saturated carbocycles. The predicted molar refractivity (Wildman–Crippen MR) is 118 cm³/mol. The van der Waals surface area contributed by atoms with E-state index in [0.29, 0.717) is 11.8 Å². The summed E-state index contributed by atoms with van der Waals surface area (Å²) in [6.07, 6.45) is 5.20. The van der Waals surface area contributed by atoms with E-state index < -0.39 is 0 Å². The van der Waals surface area contributed by atoms with Gasteiger partial charge in [-0.1, -0.05) is 42.5 Å². The van der Waals surface area contributed by atoms with Crippen molar-refractivity contribution in [2.75, 3.05) is 13.7 Å². The summed E-state index contributed by atoms with van der Waals surface area (Å²) in [6.45, 7) is 2.08. The van der Waals surface area contributed by atoms with Crippen LogP contribution in [0.3, 0.4) is 0 Å². The van der Waals surface area contributed by atoms with Crippen LogP contribution in [0.2, 0.25) is 0 Å². The van der Waals surface area contributed by atoms with Gasteiger partial charge in [-0.3, -0.25) is 4.79 Å². The van der Waals surface area contributed by atoms with E-state index in [0.717, 1.165) is 37.9 Å². The quantitative estimate of drug-likeness (QED) is 0.760. The molecule has 1 saturated heterocycles. The van der Waals surface area contributed by atoms with Crippen molar-refractivity contribution >= 4 is 5.91 Å². The second-order valence-electron chi connectivity index (χ2n) is 9.01. The van der Waals surface area contributed by atoms with E-state index >= 15 is 0 Å². The molecule has 0 radical (unpaired) electrons. The normalized spacial score (nSPS) is 27.4. The van der Waals surface area contributed by atoms with Gasteiger partial charge < -0.3 is 14.7 Å². The third-order valence-electron chi connectivity index (χ3n) is 7.20. The summed E-state index contributed by atoms with van der Waals surface area (Å²) < 4.78 is 5.27. The molecule has 2 aromatic rings. The molecule has 1 aliphatic carbocycles. The number of fused-ring (bicyclic) bond motifs is 1. The average molecular weight is 408 g/mol. The maximum atomic E-state index is 13.2. The number of carbonyl (C=O) groups is 1. The fraction of sp³-hybridized carbons (Fsp3) is 0.500. The molecule has 2 fully saturated rings. The van der Waals surface area contributed by atoms with Crippen LogP contribution < -0.4 is 4.74 Å². The third kappa shape index (κ3) is 4.24. The molecular weight excluding hydrogens is 374 g/mol. The zero-order chi connectivity index (χ0) is 21.1. The number of benzene rings is 2. The van der Waals surface area contributed by atoms with Crippen molar-refractivity contribution in [3.8, 4) is 5.75 Å². The molecule has 0 aromatic heterocycles. The number of hydrogen-bond donors (Lipinski definition) is 1. The number of methoxy groups -OCH3 is 1. The molecule has 0 spiro atoms. The third-order valence-corrected chi connectivity index (χ3v) is 7.20. The van der Waals surface area contributed by atoms with E-state index in [1.54, 1.807) is 7.11 Å². The van der Waals surface area contributed by atoms with Gasteiger partial charge in [0.1, 0.15) is 5.75 Å². The Morgan fingerprint density at radius 1 is 1.07 bits per heavy atom. The molecule has 1 N–H and O–H groups in total. The molecule has 0 bridgehead atoms. The number of amides is 1. The van der Waals surface area contributed by atoms with Crippen LogP contribution >= 0.6 is 0 Å². The van der Waals surface area contributed by atoms with Crippen molar-refractivity contribution in [3.63, 3.8) is 0 Å². The number of aliphatic hydroxyl groups is 1. The van der Waals surface area contributed by atoms with Gasteiger partial charge in [0.15, 0.2) is 0 Å². The molecule has 1 heterocycles. The van der Waals surface area contributed by atoms with E-state index in [1.165, 1.54) is 11.1 Å². The smallest absolute Gasteiger partial charge is 0.228 e. The van der Waals surface area contributed by atoms with Crippen molar-refractivity contribution in [2.45, 2.75) is 51.1 Å². The van der Waals surface area contributed by atoms with Crippen LogP contribution in [0.1, 0.15) is 49.8 Å². The molecule has 160 valence electrons. The highest BCUT2D eigenvalue weighted by Crippen LogP contribution is 2.44. The number of hydrogen-bond acceptors (Lipinski definition) is 3. The van der Waals surface area contributed by atoms with E-state index in [1.807, 2.05) is 30.3 Å². The van der Waals surface area contributed by atoms with Crippen LogP contribution in [0.15, 0.2) is 54.6 Å². The lowest BCUT2D eigenvalue weighted by molar-refractivity contribution is -0.152. The molecule has 1 amide bonds. The molecule has 5 unspecified atom stereocenters. The summed E-state index contributed by atoms with van der Waals surface area (Å²) >= 11 is 0. The minimum Gasteiger partial charge on any atom is -0.497 e. The van der Waals surface area contributed by atoms with Crippen LogP contribution in [-0.2, 0) is 11.2 Å². The number of nitrogens with zero attached hydrogens (tertiary/aromatic N) is 1. The number of likely N-dealkylation sites (tertiary alicyclic amines) is 1. The molecule has 1 aliphatic heterocycles. The van der Waals surface area contributed by atoms with E-state index in [4.69, 9.17) is 4.74 Å². The SMILES string of the molecule is COc1ccc(CC2CCC3C(C2)CC(CO)C(=O)N3C(C)c2ccccc2)cc1. The number of aliphatic hydroxyl groups excluding tert-OH is 1. The van der Waals surface area contributed by atoms with Gasteiger partial charge in [0.2, 0.25) is 5.91 Å². The topological polar surface area (TPSA) is 49.8 Å². The largest absolute Gasteiger partial charge is 0.497 e. The lowest BCUT2D eigenvalue weighted by Crippen LogP contribution is -2.55. The Kier molecular flexibility index (Phi) is 6.43. The summed E-state index contributed by atoms with van der Waals surface area (Å²) in [5.74, 6) is 1.84. The van der Waals surface area contributed by atoms with Crippen molar-refractivity contribution in [1.82, 2.24) is 4.90 Å². The summed E-state index contributed by atoms with van der Waals surface area (Å²) in [5.41, 5.74) is 2.52. The van der Waals surface area contributed by atoms with Gasteiger partial charge in [-0.2, -0.15) is 0 Å². The lowest BCUT2D eigenvalue weighted by atomic mass is 9.69. The summed E-state index contributed by atoms with van der Waals surface area (Å²) in [6, 6.07) is 19.0. The summed E-state index contributed by atoms with van der Waals surface area (Å²) in [7, 11) is 1.69. The van der Waals surface area contributed by atoms with Gasteiger partial charge in [0, 0.05) is 6.04 Å². The summed E-state index contributed by atoms with van der Waals surface area (Å²) in [4.78, 5) is 15.3. The zero-order valence-electron chi connectivity index (χ0n) is 18.0. The number of piperidine rings is 1. The minimum atomic E-state index is -0.267. The molecule has 5 atom stereocenters. The van der Waals surface area contributed by atoms with Crippen molar-refractivity contribution in [3.05, 3.63) is 65.7 Å². The van der Waals surface area contributed by atoms with Crippen molar-refractivity contribution in [2.24, 2.45) is 17.8 Å². The first kappa shape index (κ1) is 20.9. The van der Waals surface area contributed by atoms with Gasteiger partial charge >= 0.3 is 0 Å². The van der Waals surface area contributed by atoms with Gasteiger partial charge in [-0.05, 0) is 74.1 Å². The molecule has 2 aromatic carbocycles. The Morgan fingerprint density at radius 2 is 1.80 bits per heavy atom. The lowest BCUT2D eigenvalue weighted by Gasteiger charge is -2.50. The van der Waals surface area contributed by atoms with E-state index in [9.17, 15) is 9.90 Å². The summed E-state index contributed by atoms with van der Waals surface area (Å²) in [5, 5.41) is 9.91. The molecule has 4 rings (SSSR count). The Morgan fingerprint density at radius 3 is 2.47 bits per heavy atom. The molecule has 4 heteroatoms. The molecule has 4 nitrogen and oxygen atoms in total. The zero-order valence-corrected chi connectivity index (χ0v) is 18.0. The van der Waals surface area contributed by atoms with Crippen LogP contribution in [0.25, 0.3) is 0 Å². The molecular formula is C26H33NO3. The Hall–Kier alpha value is -2.33. The first-order chi connectivity index (χ1) is 14.6. The van der Waals surface area contributed by atoms with Gasteiger partial charge in [0.25, 0.3) is 0 Å². The maximum absolute atomic E-state index is 13.2. The van der Waals surface area contributed by atoms with Gasteiger partial charge in [0.05, 0.1) is 25.7 Å². The van der Waals surface area contributed by atoms with Crippen LogP contribution in [0, 0.1) is 17.8 Å². The molecule has 2 aliphatic rings. The highest BCUT2D eigenvalue weighted by atomic mass is 16.5. The number of ether oxygens (including phenoxy) is 1. The number of rotatable bonds is 6. The second-order valence-corrected chi connectivity index (χ2v) is 9.01. The Bertz CT molecular complexity index is 835. The van der Waals surface area contributed by atoms with Crippen LogP contribution in [0.5, 0.6) is 5.75 Å². The van der Waals surface area contributed by atoms with Crippen molar-refractivity contribution < 1.29 is 14.6 Å². The fourth-order valence-corrected chi connectivity index (χ4v) is 5.61. The van der Waals surface area contributed by atoms with E-state index in [-0.39, 0.29) is 30.5 Å². The first-order valence-electron chi connectivity index (χ1n) is 11.2. The predicted octanol–water partition coefficient (Wildman–Crippen LogP) is 4.62. The van der Waals surface area contributed by atoms with Gasteiger partial charge in [-0.25, -0.2) is 0 Å².